The van der Waals surface area contributed by atoms with Crippen molar-refractivity contribution in [1.82, 2.24) is 4.98 Å². The number of pyridine rings is 1. The van der Waals surface area contributed by atoms with Gasteiger partial charge >= 0.3 is 5.97 Å². The maximum Gasteiger partial charge on any atom is 0.335 e. The predicted molar refractivity (Wildman–Crippen MR) is 79.2 cm³/mol. The molecule has 0 aliphatic heterocycles. The van der Waals surface area contributed by atoms with Crippen LogP contribution in [-0.2, 0) is 0 Å². The summed E-state index contributed by atoms with van der Waals surface area (Å²) in [5, 5.41) is 21.7. The van der Waals surface area contributed by atoms with Crippen LogP contribution in [0.2, 0.25) is 0 Å². The fraction of sp³-hybridized carbons (Fsp3) is 0.600. The van der Waals surface area contributed by atoms with Crippen LogP contribution >= 0.6 is 0 Å². The number of carboxylic acids is 1. The van der Waals surface area contributed by atoms with Crippen LogP contribution in [-0.4, -0.2) is 33.8 Å². The molecule has 20 heavy (non-hydrogen) atoms. The first-order valence-corrected chi connectivity index (χ1v) is 6.96. The second-order valence-corrected chi connectivity index (χ2v) is 5.78. The number of nitrogens with one attached hydrogen (secondary N) is 1. The lowest BCUT2D eigenvalue weighted by Crippen LogP contribution is -2.26. The van der Waals surface area contributed by atoms with E-state index in [9.17, 15) is 9.90 Å². The van der Waals surface area contributed by atoms with Crippen molar-refractivity contribution >= 4 is 11.8 Å². The number of aromatic carboxylic acids is 1. The summed E-state index contributed by atoms with van der Waals surface area (Å²) in [6.07, 6.45) is 0.798. The maximum absolute atomic E-state index is 11.2. The summed E-state index contributed by atoms with van der Waals surface area (Å²) < 4.78 is 0. The number of hydrogen-bond acceptors (Lipinski definition) is 4. The van der Waals surface area contributed by atoms with Gasteiger partial charge in [0.15, 0.2) is 0 Å². The third-order valence-electron chi connectivity index (χ3n) is 3.01. The van der Waals surface area contributed by atoms with Crippen molar-refractivity contribution < 1.29 is 15.0 Å². The van der Waals surface area contributed by atoms with Crippen molar-refractivity contribution in [2.45, 2.75) is 46.1 Å². The molecule has 0 saturated carbocycles. The normalized spacial score (nSPS) is 12.8. The minimum absolute atomic E-state index is 0.00578. The molecule has 1 atom stereocenters. The minimum atomic E-state index is -0.971. The van der Waals surface area contributed by atoms with E-state index in [1.165, 1.54) is 6.07 Å². The average molecular weight is 280 g/mol. The molecule has 0 fully saturated rings. The number of rotatable bonds is 7. The zero-order valence-electron chi connectivity index (χ0n) is 12.6. The minimum Gasteiger partial charge on any atom is -0.478 e. The number of aliphatic hydroxyl groups is 1. The van der Waals surface area contributed by atoms with Crippen LogP contribution in [0.1, 0.15) is 56.1 Å². The number of aliphatic hydroxyl groups excluding tert-OH is 1. The van der Waals surface area contributed by atoms with Gasteiger partial charge in [0.25, 0.3) is 0 Å². The summed E-state index contributed by atoms with van der Waals surface area (Å²) >= 11 is 0. The van der Waals surface area contributed by atoms with E-state index in [2.05, 4.69) is 24.1 Å². The monoisotopic (exact) mass is 280 g/mol. The number of hydrogen-bond donors (Lipinski definition) is 3. The van der Waals surface area contributed by atoms with Gasteiger partial charge in [-0.1, -0.05) is 27.7 Å². The standard InChI is InChI=1S/C15H24N2O3/c1-9(2)5-12(8-18)16-14-7-11(15(19)20)6-13(17-14)10(3)4/h6-7,9-10,12,18H,5,8H2,1-4H3,(H,16,17)(H,19,20). The Morgan fingerprint density at radius 1 is 1.30 bits per heavy atom. The van der Waals surface area contributed by atoms with Crippen LogP contribution in [0.3, 0.4) is 0 Å². The summed E-state index contributed by atoms with van der Waals surface area (Å²) in [4.78, 5) is 15.6. The van der Waals surface area contributed by atoms with Crippen LogP contribution < -0.4 is 5.32 Å². The Bertz CT molecular complexity index is 458. The van der Waals surface area contributed by atoms with Gasteiger partial charge in [-0.2, -0.15) is 0 Å². The van der Waals surface area contributed by atoms with Gasteiger partial charge < -0.3 is 15.5 Å². The highest BCUT2D eigenvalue weighted by Crippen LogP contribution is 2.19. The second kappa shape index (κ2) is 7.24. The summed E-state index contributed by atoms with van der Waals surface area (Å²) in [6.45, 7) is 8.08. The Kier molecular flexibility index (Phi) is 5.95. The molecule has 5 heteroatoms. The van der Waals surface area contributed by atoms with Gasteiger partial charge in [-0.25, -0.2) is 9.78 Å². The van der Waals surface area contributed by atoms with E-state index in [-0.39, 0.29) is 24.1 Å². The predicted octanol–water partition coefficient (Wildman–Crippen LogP) is 2.72. The second-order valence-electron chi connectivity index (χ2n) is 5.78. The Hall–Kier alpha value is -1.62. The summed E-state index contributed by atoms with van der Waals surface area (Å²) in [6, 6.07) is 2.98. The van der Waals surface area contributed by atoms with Gasteiger partial charge in [-0.3, -0.25) is 0 Å². The number of aromatic nitrogens is 1. The molecule has 3 N–H and O–H groups in total. The number of carboxylic acid groups (broad SMARTS) is 1. The number of carbonyl (C=O) groups is 1. The number of nitrogens with zero attached hydrogens (tertiary/aromatic N) is 1. The van der Waals surface area contributed by atoms with Crippen LogP contribution in [0.15, 0.2) is 12.1 Å². The lowest BCUT2D eigenvalue weighted by Gasteiger charge is -2.20. The molecule has 0 amide bonds. The van der Waals surface area contributed by atoms with Gasteiger partial charge in [-0.15, -0.1) is 0 Å². The molecule has 5 nitrogen and oxygen atoms in total. The SMILES string of the molecule is CC(C)CC(CO)Nc1cc(C(=O)O)cc(C(C)C)n1. The first-order valence-electron chi connectivity index (χ1n) is 6.96. The van der Waals surface area contributed by atoms with E-state index in [1.807, 2.05) is 13.8 Å². The van der Waals surface area contributed by atoms with E-state index >= 15 is 0 Å². The first kappa shape index (κ1) is 16.4. The molecule has 0 aromatic carbocycles. The lowest BCUT2D eigenvalue weighted by atomic mass is 10.0. The third-order valence-corrected chi connectivity index (χ3v) is 3.01. The fourth-order valence-electron chi connectivity index (χ4n) is 2.00. The van der Waals surface area contributed by atoms with Crippen molar-refractivity contribution in [2.24, 2.45) is 5.92 Å². The van der Waals surface area contributed by atoms with E-state index in [0.29, 0.717) is 11.7 Å². The molecule has 0 radical (unpaired) electrons. The van der Waals surface area contributed by atoms with Crippen molar-refractivity contribution in [2.75, 3.05) is 11.9 Å². The molecule has 0 saturated heterocycles. The van der Waals surface area contributed by atoms with E-state index < -0.39 is 5.97 Å². The molecule has 1 aromatic rings. The molecule has 0 aliphatic carbocycles. The average Bonchev–Trinajstić information content (AvgIpc) is 2.36. The van der Waals surface area contributed by atoms with Crippen molar-refractivity contribution in [3.05, 3.63) is 23.4 Å². The summed E-state index contributed by atoms with van der Waals surface area (Å²) in [5.41, 5.74) is 0.945. The van der Waals surface area contributed by atoms with Gasteiger partial charge in [-0.05, 0) is 30.4 Å². The molecular weight excluding hydrogens is 256 g/mol. The van der Waals surface area contributed by atoms with Crippen molar-refractivity contribution in [1.29, 1.82) is 0 Å². The molecule has 0 bridgehead atoms. The van der Waals surface area contributed by atoms with Crippen LogP contribution in [0, 0.1) is 5.92 Å². The molecule has 0 spiro atoms. The Balaban J connectivity index is 3.00. The lowest BCUT2D eigenvalue weighted by molar-refractivity contribution is 0.0696. The Morgan fingerprint density at radius 2 is 1.95 bits per heavy atom. The molecule has 1 unspecified atom stereocenters. The zero-order chi connectivity index (χ0) is 15.3. The highest BCUT2D eigenvalue weighted by molar-refractivity contribution is 5.88. The molecule has 112 valence electrons. The van der Waals surface area contributed by atoms with Crippen molar-refractivity contribution in [3.8, 4) is 0 Å². The zero-order valence-corrected chi connectivity index (χ0v) is 12.6. The summed E-state index contributed by atoms with van der Waals surface area (Å²) in [5.74, 6) is 0.120. The smallest absolute Gasteiger partial charge is 0.335 e. The van der Waals surface area contributed by atoms with E-state index in [4.69, 9.17) is 5.11 Å². The third kappa shape index (κ3) is 4.81. The van der Waals surface area contributed by atoms with Gasteiger partial charge in [0, 0.05) is 5.69 Å². The highest BCUT2D eigenvalue weighted by atomic mass is 16.4. The Morgan fingerprint density at radius 3 is 2.40 bits per heavy atom. The molecule has 0 aliphatic rings. The quantitative estimate of drug-likeness (QED) is 0.715. The maximum atomic E-state index is 11.2. The molecular formula is C15H24N2O3. The van der Waals surface area contributed by atoms with Gasteiger partial charge in [0.05, 0.1) is 18.2 Å². The Labute approximate surface area is 120 Å². The van der Waals surface area contributed by atoms with Gasteiger partial charge in [0.1, 0.15) is 5.82 Å². The molecule has 1 aromatic heterocycles. The van der Waals surface area contributed by atoms with Crippen LogP contribution in [0.25, 0.3) is 0 Å². The fourth-order valence-corrected chi connectivity index (χ4v) is 2.00. The van der Waals surface area contributed by atoms with E-state index in [1.54, 1.807) is 6.07 Å². The topological polar surface area (TPSA) is 82.5 Å². The van der Waals surface area contributed by atoms with Crippen molar-refractivity contribution in [3.63, 3.8) is 0 Å². The van der Waals surface area contributed by atoms with Gasteiger partial charge in [0.2, 0.25) is 0 Å². The molecule has 1 rings (SSSR count). The van der Waals surface area contributed by atoms with E-state index in [0.717, 1.165) is 12.1 Å². The largest absolute Gasteiger partial charge is 0.478 e. The summed E-state index contributed by atoms with van der Waals surface area (Å²) in [7, 11) is 0. The highest BCUT2D eigenvalue weighted by Gasteiger charge is 2.14. The van der Waals surface area contributed by atoms with Crippen LogP contribution in [0.5, 0.6) is 0 Å². The first-order chi connectivity index (χ1) is 9.33. The van der Waals surface area contributed by atoms with Crippen LogP contribution in [0.4, 0.5) is 5.82 Å². The number of anilines is 1. The molecule has 1 heterocycles.